The molecule has 116 valence electrons. The molecule has 1 aromatic carbocycles. The van der Waals surface area contributed by atoms with Crippen molar-refractivity contribution in [1.82, 2.24) is 4.72 Å². The van der Waals surface area contributed by atoms with Crippen LogP contribution in [0.15, 0.2) is 23.1 Å². The Balaban J connectivity index is 2.13. The van der Waals surface area contributed by atoms with E-state index in [-0.39, 0.29) is 24.0 Å². The lowest BCUT2D eigenvalue weighted by molar-refractivity contribution is -0.118. The lowest BCUT2D eigenvalue weighted by atomic mass is 10.2. The number of benzene rings is 1. The molecule has 1 aromatic rings. The topological polar surface area (TPSA) is 105 Å². The van der Waals surface area contributed by atoms with E-state index < -0.39 is 16.1 Å². The second kappa shape index (κ2) is 6.42. The zero-order chi connectivity index (χ0) is 15.5. The average Bonchev–Trinajstić information content (AvgIpc) is 2.45. The third kappa shape index (κ3) is 3.93. The van der Waals surface area contributed by atoms with Gasteiger partial charge < -0.3 is 15.2 Å². The number of carbonyl (C=O) groups is 1. The van der Waals surface area contributed by atoms with Crippen molar-refractivity contribution >= 4 is 21.6 Å². The minimum absolute atomic E-state index is 0.00995. The zero-order valence-electron chi connectivity index (χ0n) is 11.6. The highest BCUT2D eigenvalue weighted by Gasteiger charge is 2.21. The van der Waals surface area contributed by atoms with Crippen molar-refractivity contribution in [3.05, 3.63) is 18.2 Å². The number of fused-ring (bicyclic) bond motifs is 1. The molecule has 0 saturated heterocycles. The fourth-order valence-corrected chi connectivity index (χ4v) is 3.05. The van der Waals surface area contributed by atoms with Gasteiger partial charge in [-0.2, -0.15) is 0 Å². The lowest BCUT2D eigenvalue weighted by Gasteiger charge is -2.18. The highest BCUT2D eigenvalue weighted by molar-refractivity contribution is 7.89. The molecular weight excluding hydrogens is 296 g/mol. The molecule has 21 heavy (non-hydrogen) atoms. The van der Waals surface area contributed by atoms with Crippen LogP contribution in [0, 0.1) is 0 Å². The Kier molecular flexibility index (Phi) is 4.81. The number of aliphatic hydroxyl groups is 1. The summed E-state index contributed by atoms with van der Waals surface area (Å²) in [6.07, 6.45) is 0.576. The van der Waals surface area contributed by atoms with Crippen molar-refractivity contribution in [3.63, 3.8) is 0 Å². The van der Waals surface area contributed by atoms with Gasteiger partial charge in [0, 0.05) is 6.54 Å². The highest BCUT2D eigenvalue weighted by atomic mass is 32.2. The number of aliphatic hydroxyl groups excluding tert-OH is 1. The van der Waals surface area contributed by atoms with Crippen LogP contribution < -0.4 is 14.8 Å². The normalized spacial score (nSPS) is 15.8. The molecule has 7 nitrogen and oxygen atoms in total. The van der Waals surface area contributed by atoms with Crippen LogP contribution in [0.25, 0.3) is 0 Å². The summed E-state index contributed by atoms with van der Waals surface area (Å²) in [4.78, 5) is 11.2. The molecule has 1 amide bonds. The summed E-state index contributed by atoms with van der Waals surface area (Å²) in [7, 11) is -3.74. The number of ether oxygens (including phenoxy) is 1. The Morgan fingerprint density at radius 3 is 2.95 bits per heavy atom. The zero-order valence-corrected chi connectivity index (χ0v) is 12.4. The molecule has 0 saturated carbocycles. The van der Waals surface area contributed by atoms with Crippen molar-refractivity contribution in [1.29, 1.82) is 0 Å². The summed E-state index contributed by atoms with van der Waals surface area (Å²) in [5.74, 6) is 0.0999. The predicted molar refractivity (Wildman–Crippen MR) is 76.7 cm³/mol. The Morgan fingerprint density at radius 1 is 1.48 bits per heavy atom. The third-order valence-electron chi connectivity index (χ3n) is 3.03. The van der Waals surface area contributed by atoms with Gasteiger partial charge in [0.15, 0.2) is 6.61 Å². The van der Waals surface area contributed by atoms with E-state index in [9.17, 15) is 18.3 Å². The van der Waals surface area contributed by atoms with Crippen LogP contribution in [0.1, 0.15) is 19.8 Å². The molecular formula is C13H18N2O5S. The summed E-state index contributed by atoms with van der Waals surface area (Å²) in [5, 5.41) is 12.1. The molecule has 2 rings (SSSR count). The van der Waals surface area contributed by atoms with Crippen LogP contribution in [0.2, 0.25) is 0 Å². The van der Waals surface area contributed by atoms with Crippen molar-refractivity contribution < 1.29 is 23.1 Å². The molecule has 8 heteroatoms. The van der Waals surface area contributed by atoms with Crippen molar-refractivity contribution in [2.45, 2.75) is 30.8 Å². The first-order valence-electron chi connectivity index (χ1n) is 6.67. The Morgan fingerprint density at radius 2 is 2.24 bits per heavy atom. The summed E-state index contributed by atoms with van der Waals surface area (Å²) < 4.78 is 31.8. The standard InChI is InChI=1S/C13H18N2O5S/c1-2-3-9(16)7-14-21(18,19)10-4-5-12-11(6-10)15-13(17)8-20-12/h4-6,9,14,16H,2-3,7-8H2,1H3,(H,15,17). The Labute approximate surface area is 123 Å². The highest BCUT2D eigenvalue weighted by Crippen LogP contribution is 2.29. The number of nitrogens with one attached hydrogen (secondary N) is 2. The molecule has 3 N–H and O–H groups in total. The van der Waals surface area contributed by atoms with Gasteiger partial charge in [0.2, 0.25) is 10.0 Å². The van der Waals surface area contributed by atoms with Gasteiger partial charge in [0.25, 0.3) is 5.91 Å². The van der Waals surface area contributed by atoms with Crippen molar-refractivity contribution in [2.75, 3.05) is 18.5 Å². The summed E-state index contributed by atoms with van der Waals surface area (Å²) in [5.41, 5.74) is 0.322. The molecule has 1 aliphatic rings. The van der Waals surface area contributed by atoms with Gasteiger partial charge in [-0.25, -0.2) is 13.1 Å². The molecule has 1 unspecified atom stereocenters. The smallest absolute Gasteiger partial charge is 0.262 e. The second-order valence-corrected chi connectivity index (χ2v) is 6.56. The summed E-state index contributed by atoms with van der Waals surface area (Å²) in [6.45, 7) is 1.78. The number of amides is 1. The molecule has 0 bridgehead atoms. The van der Waals surface area contributed by atoms with Crippen LogP contribution >= 0.6 is 0 Å². The minimum Gasteiger partial charge on any atom is -0.482 e. The van der Waals surface area contributed by atoms with E-state index in [1.807, 2.05) is 6.92 Å². The maximum atomic E-state index is 12.1. The largest absolute Gasteiger partial charge is 0.482 e. The quantitative estimate of drug-likeness (QED) is 0.707. The van der Waals surface area contributed by atoms with Gasteiger partial charge in [-0.1, -0.05) is 13.3 Å². The first kappa shape index (κ1) is 15.7. The van der Waals surface area contributed by atoms with E-state index in [4.69, 9.17) is 4.74 Å². The first-order valence-corrected chi connectivity index (χ1v) is 8.15. The number of sulfonamides is 1. The maximum absolute atomic E-state index is 12.1. The fraction of sp³-hybridized carbons (Fsp3) is 0.462. The van der Waals surface area contributed by atoms with Crippen molar-refractivity contribution in [3.8, 4) is 5.75 Å². The second-order valence-electron chi connectivity index (χ2n) is 4.79. The van der Waals surface area contributed by atoms with Crippen molar-refractivity contribution in [2.24, 2.45) is 0 Å². The van der Waals surface area contributed by atoms with Gasteiger partial charge in [-0.05, 0) is 24.6 Å². The van der Waals surface area contributed by atoms with Gasteiger partial charge in [0.05, 0.1) is 16.7 Å². The molecule has 1 atom stereocenters. The Bertz CT molecular complexity index is 629. The van der Waals surface area contributed by atoms with Crippen LogP contribution in [0.5, 0.6) is 5.75 Å². The van der Waals surface area contributed by atoms with E-state index in [1.165, 1.54) is 18.2 Å². The lowest BCUT2D eigenvalue weighted by Crippen LogP contribution is -2.32. The molecule has 0 aromatic heterocycles. The minimum atomic E-state index is -3.74. The van der Waals surface area contributed by atoms with Crippen LogP contribution in [0.3, 0.4) is 0 Å². The molecule has 0 spiro atoms. The molecule has 1 heterocycles. The SMILES string of the molecule is CCCC(O)CNS(=O)(=O)c1ccc2c(c1)NC(=O)CO2. The predicted octanol–water partition coefficient (Wildman–Crippen LogP) is 0.457. The maximum Gasteiger partial charge on any atom is 0.262 e. The monoisotopic (exact) mass is 314 g/mol. The third-order valence-corrected chi connectivity index (χ3v) is 4.45. The molecule has 0 aliphatic carbocycles. The number of hydrogen-bond acceptors (Lipinski definition) is 5. The van der Waals surface area contributed by atoms with Gasteiger partial charge in [-0.3, -0.25) is 4.79 Å². The fourth-order valence-electron chi connectivity index (χ4n) is 1.95. The molecule has 1 aliphatic heterocycles. The Hall–Kier alpha value is -1.64. The number of anilines is 1. The van der Waals surface area contributed by atoms with Gasteiger partial charge >= 0.3 is 0 Å². The summed E-state index contributed by atoms with van der Waals surface area (Å²) >= 11 is 0. The molecule has 0 radical (unpaired) electrons. The van der Waals surface area contributed by atoms with Crippen LogP contribution in [-0.4, -0.2) is 38.7 Å². The first-order chi connectivity index (χ1) is 9.92. The van der Waals surface area contributed by atoms with Gasteiger partial charge in [0.1, 0.15) is 5.75 Å². The average molecular weight is 314 g/mol. The number of rotatable bonds is 6. The number of hydrogen-bond donors (Lipinski definition) is 3. The number of carbonyl (C=O) groups excluding carboxylic acids is 1. The van der Waals surface area contributed by atoms with Gasteiger partial charge in [-0.15, -0.1) is 0 Å². The van der Waals surface area contributed by atoms with E-state index in [2.05, 4.69) is 10.0 Å². The van der Waals surface area contributed by atoms with E-state index in [0.29, 0.717) is 17.9 Å². The van der Waals surface area contributed by atoms with Crippen LogP contribution in [-0.2, 0) is 14.8 Å². The van der Waals surface area contributed by atoms with E-state index >= 15 is 0 Å². The van der Waals surface area contributed by atoms with E-state index in [1.54, 1.807) is 0 Å². The molecule has 0 fully saturated rings. The van der Waals surface area contributed by atoms with E-state index in [0.717, 1.165) is 6.42 Å². The van der Waals surface area contributed by atoms with Crippen LogP contribution in [0.4, 0.5) is 5.69 Å². The summed E-state index contributed by atoms with van der Waals surface area (Å²) in [6, 6.07) is 4.22.